The van der Waals surface area contributed by atoms with Gasteiger partial charge in [0.15, 0.2) is 0 Å². The van der Waals surface area contributed by atoms with Gasteiger partial charge in [-0.3, -0.25) is 0 Å². The van der Waals surface area contributed by atoms with E-state index in [1.807, 2.05) is 27.7 Å². The predicted molar refractivity (Wildman–Crippen MR) is 121 cm³/mol. The second-order valence-corrected chi connectivity index (χ2v) is 7.86. The van der Waals surface area contributed by atoms with Crippen molar-refractivity contribution < 1.29 is 19.0 Å². The van der Waals surface area contributed by atoms with Crippen molar-refractivity contribution in [3.05, 3.63) is 59.7 Å². The molecule has 1 N–H and O–H groups in total. The summed E-state index contributed by atoms with van der Waals surface area (Å²) in [6, 6.07) is 17.0. The van der Waals surface area contributed by atoms with E-state index in [9.17, 15) is 4.79 Å². The molecular formula is C25H35NO4. The molecule has 164 valence electrons. The van der Waals surface area contributed by atoms with E-state index < -0.39 is 0 Å². The molecule has 1 amide bonds. The molecule has 2 aromatic rings. The molecule has 2 rings (SSSR count). The average molecular weight is 414 g/mol. The van der Waals surface area contributed by atoms with Gasteiger partial charge in [0.25, 0.3) is 0 Å². The molecule has 0 saturated heterocycles. The van der Waals surface area contributed by atoms with E-state index in [0.717, 1.165) is 18.4 Å². The van der Waals surface area contributed by atoms with Crippen LogP contribution in [0.3, 0.4) is 0 Å². The molecule has 0 saturated carbocycles. The van der Waals surface area contributed by atoms with Crippen LogP contribution in [0.5, 0.6) is 0 Å². The van der Waals surface area contributed by atoms with Crippen LogP contribution in [0.15, 0.2) is 48.5 Å². The number of alkyl carbamates (subject to hydrolysis) is 1. The smallest absolute Gasteiger partial charge is 0.407 e. The van der Waals surface area contributed by atoms with E-state index in [2.05, 4.69) is 53.8 Å². The third kappa shape index (κ3) is 9.42. The molecule has 0 aromatic heterocycles. The first-order valence-electron chi connectivity index (χ1n) is 10.8. The van der Waals surface area contributed by atoms with Gasteiger partial charge in [0, 0.05) is 6.54 Å². The molecular weight excluding hydrogens is 378 g/mol. The number of benzene rings is 2. The van der Waals surface area contributed by atoms with Crippen LogP contribution in [0.1, 0.15) is 45.2 Å². The second-order valence-electron chi connectivity index (χ2n) is 7.86. The Morgan fingerprint density at radius 3 is 2.23 bits per heavy atom. The summed E-state index contributed by atoms with van der Waals surface area (Å²) in [5, 5.41) is 2.79. The Morgan fingerprint density at radius 2 is 1.57 bits per heavy atom. The first-order valence-corrected chi connectivity index (χ1v) is 10.8. The molecule has 0 radical (unpaired) electrons. The van der Waals surface area contributed by atoms with Crippen molar-refractivity contribution in [2.24, 2.45) is 0 Å². The fourth-order valence-corrected chi connectivity index (χ4v) is 3.02. The summed E-state index contributed by atoms with van der Waals surface area (Å²) >= 11 is 0. The van der Waals surface area contributed by atoms with Gasteiger partial charge in [-0.25, -0.2) is 4.79 Å². The number of hydrogen-bond acceptors (Lipinski definition) is 4. The van der Waals surface area contributed by atoms with Crippen molar-refractivity contribution in [3.63, 3.8) is 0 Å². The van der Waals surface area contributed by atoms with Gasteiger partial charge in [-0.1, -0.05) is 42.5 Å². The van der Waals surface area contributed by atoms with Crippen LogP contribution >= 0.6 is 0 Å². The molecule has 0 atom stereocenters. The van der Waals surface area contributed by atoms with Crippen molar-refractivity contribution in [2.45, 2.75) is 59.4 Å². The zero-order valence-corrected chi connectivity index (χ0v) is 18.6. The summed E-state index contributed by atoms with van der Waals surface area (Å²) in [5.41, 5.74) is 4.76. The standard InChI is InChI=1S/C25H35NO4/c1-19(2)29-15-14-28-18-22-9-6-12-24(17-22)23-11-5-8-21(16-23)10-7-13-26-25(27)30-20(3)4/h5-6,8-9,11-12,16-17,19-20H,7,10,13-15,18H2,1-4H3,(H,26,27). The number of carbonyl (C=O) groups excluding carboxylic acids is 1. The highest BCUT2D eigenvalue weighted by Gasteiger charge is 2.05. The van der Waals surface area contributed by atoms with Crippen LogP contribution in [-0.4, -0.2) is 38.1 Å². The Morgan fingerprint density at radius 1 is 0.900 bits per heavy atom. The molecule has 0 bridgehead atoms. The summed E-state index contributed by atoms with van der Waals surface area (Å²) in [4.78, 5) is 11.5. The molecule has 0 fully saturated rings. The number of rotatable bonds is 12. The zero-order chi connectivity index (χ0) is 21.8. The van der Waals surface area contributed by atoms with Crippen LogP contribution < -0.4 is 5.32 Å². The van der Waals surface area contributed by atoms with Crippen LogP contribution in [0.4, 0.5) is 4.79 Å². The van der Waals surface area contributed by atoms with E-state index in [1.54, 1.807) is 0 Å². The van der Waals surface area contributed by atoms with Gasteiger partial charge in [-0.05, 0) is 68.9 Å². The zero-order valence-electron chi connectivity index (χ0n) is 18.6. The molecule has 5 nitrogen and oxygen atoms in total. The maximum atomic E-state index is 11.5. The van der Waals surface area contributed by atoms with Gasteiger partial charge in [-0.2, -0.15) is 0 Å². The third-order valence-electron chi connectivity index (χ3n) is 4.39. The highest BCUT2D eigenvalue weighted by Crippen LogP contribution is 2.22. The van der Waals surface area contributed by atoms with E-state index in [1.165, 1.54) is 16.7 Å². The average Bonchev–Trinajstić information content (AvgIpc) is 2.71. The number of nitrogens with one attached hydrogen (secondary N) is 1. The Kier molecular flexibility index (Phi) is 10.4. The molecule has 0 aliphatic heterocycles. The van der Waals surface area contributed by atoms with E-state index in [0.29, 0.717) is 26.4 Å². The van der Waals surface area contributed by atoms with Crippen LogP contribution in [0, 0.1) is 0 Å². The lowest BCUT2D eigenvalue weighted by Gasteiger charge is -2.11. The number of amides is 1. The number of aryl methyl sites for hydroxylation is 1. The number of carbonyl (C=O) groups is 1. The second kappa shape index (κ2) is 13.0. The van der Waals surface area contributed by atoms with Crippen molar-refractivity contribution in [2.75, 3.05) is 19.8 Å². The fourth-order valence-electron chi connectivity index (χ4n) is 3.02. The molecule has 0 aliphatic carbocycles. The largest absolute Gasteiger partial charge is 0.447 e. The topological polar surface area (TPSA) is 56.8 Å². The maximum absolute atomic E-state index is 11.5. The number of hydrogen-bond donors (Lipinski definition) is 1. The lowest BCUT2D eigenvalue weighted by molar-refractivity contribution is 0.0143. The summed E-state index contributed by atoms with van der Waals surface area (Å²) in [6.45, 7) is 10.1. The summed E-state index contributed by atoms with van der Waals surface area (Å²) in [6.07, 6.45) is 1.54. The normalized spacial score (nSPS) is 11.1. The minimum atomic E-state index is -0.353. The maximum Gasteiger partial charge on any atom is 0.407 e. The Balaban J connectivity index is 1.84. The molecule has 0 unspecified atom stereocenters. The monoisotopic (exact) mass is 413 g/mol. The van der Waals surface area contributed by atoms with Crippen LogP contribution in [-0.2, 0) is 27.2 Å². The first-order chi connectivity index (χ1) is 14.4. The summed E-state index contributed by atoms with van der Waals surface area (Å²) in [7, 11) is 0. The van der Waals surface area contributed by atoms with Gasteiger partial charge in [0.05, 0.1) is 32.0 Å². The van der Waals surface area contributed by atoms with Gasteiger partial charge in [0.2, 0.25) is 0 Å². The SMILES string of the molecule is CC(C)OCCOCc1cccc(-c2cccc(CCCNC(=O)OC(C)C)c2)c1. The minimum Gasteiger partial charge on any atom is -0.447 e. The highest BCUT2D eigenvalue weighted by atomic mass is 16.6. The van der Waals surface area contributed by atoms with Crippen molar-refractivity contribution in [1.82, 2.24) is 5.32 Å². The van der Waals surface area contributed by atoms with Crippen molar-refractivity contribution in [3.8, 4) is 11.1 Å². The van der Waals surface area contributed by atoms with Crippen LogP contribution in [0.25, 0.3) is 11.1 Å². The van der Waals surface area contributed by atoms with E-state index >= 15 is 0 Å². The molecule has 0 heterocycles. The Bertz CT molecular complexity index is 773. The number of ether oxygens (including phenoxy) is 3. The van der Waals surface area contributed by atoms with Crippen molar-refractivity contribution in [1.29, 1.82) is 0 Å². The van der Waals surface area contributed by atoms with Crippen molar-refractivity contribution >= 4 is 6.09 Å². The molecule has 0 spiro atoms. The van der Waals surface area contributed by atoms with Gasteiger partial charge < -0.3 is 19.5 Å². The molecule has 0 aliphatic rings. The molecule has 5 heteroatoms. The summed E-state index contributed by atoms with van der Waals surface area (Å²) < 4.78 is 16.3. The first kappa shape index (κ1) is 23.9. The van der Waals surface area contributed by atoms with E-state index in [4.69, 9.17) is 14.2 Å². The summed E-state index contributed by atoms with van der Waals surface area (Å²) in [5.74, 6) is 0. The van der Waals surface area contributed by atoms with Gasteiger partial charge in [0.1, 0.15) is 0 Å². The quantitative estimate of drug-likeness (QED) is 0.476. The minimum absolute atomic E-state index is 0.101. The molecule has 2 aromatic carbocycles. The predicted octanol–water partition coefficient (Wildman–Crippen LogP) is 5.36. The fraction of sp³-hybridized carbons (Fsp3) is 0.480. The lowest BCUT2D eigenvalue weighted by Crippen LogP contribution is -2.27. The Labute approximate surface area is 180 Å². The Hall–Kier alpha value is -2.37. The van der Waals surface area contributed by atoms with E-state index in [-0.39, 0.29) is 18.3 Å². The molecule has 30 heavy (non-hydrogen) atoms. The van der Waals surface area contributed by atoms with Gasteiger partial charge in [-0.15, -0.1) is 0 Å². The lowest BCUT2D eigenvalue weighted by atomic mass is 9.99. The third-order valence-corrected chi connectivity index (χ3v) is 4.39. The van der Waals surface area contributed by atoms with Crippen LogP contribution in [0.2, 0.25) is 0 Å². The highest BCUT2D eigenvalue weighted by molar-refractivity contribution is 5.67. The van der Waals surface area contributed by atoms with Gasteiger partial charge >= 0.3 is 6.09 Å².